The average Bonchev–Trinajstić information content (AvgIpc) is 3.15. The van der Waals surface area contributed by atoms with Crippen LogP contribution < -0.4 is 5.32 Å². The Morgan fingerprint density at radius 3 is 2.25 bits per heavy atom. The maximum Gasteiger partial charge on any atom is 0.0406 e. The second-order valence-corrected chi connectivity index (χ2v) is 5.62. The Balaban J connectivity index is 1.95. The molecule has 0 radical (unpaired) electrons. The van der Waals surface area contributed by atoms with Crippen LogP contribution in [-0.4, -0.2) is 13.1 Å². The van der Waals surface area contributed by atoms with Crippen LogP contribution in [-0.2, 0) is 5.41 Å². The average molecular weight is 236 g/mol. The smallest absolute Gasteiger partial charge is 0.0406 e. The van der Waals surface area contributed by atoms with Crippen molar-refractivity contribution in [2.75, 3.05) is 13.1 Å². The third kappa shape index (κ3) is 1.76. The van der Waals surface area contributed by atoms with Gasteiger partial charge in [0.05, 0.1) is 0 Å². The number of rotatable bonds is 2. The summed E-state index contributed by atoms with van der Waals surface area (Å²) < 4.78 is 0. The normalized spacial score (nSPS) is 24.3. The second kappa shape index (κ2) is 4.05. The Bertz CT molecular complexity index is 361. The number of hydrogen-bond acceptors (Lipinski definition) is 1. The highest BCUT2D eigenvalue weighted by Gasteiger charge is 2.46. The van der Waals surface area contributed by atoms with Crippen molar-refractivity contribution in [2.45, 2.75) is 31.1 Å². The van der Waals surface area contributed by atoms with Gasteiger partial charge >= 0.3 is 0 Å². The molecular weight excluding hydrogens is 218 g/mol. The standard InChI is InChI=1S/C14H18ClN/c15-13-5-3-12(4-6-13)14(11-1-2-11)7-9-16-10-8-14/h3-6,11,16H,1-2,7-10H2. The van der Waals surface area contributed by atoms with E-state index in [-0.39, 0.29) is 0 Å². The fourth-order valence-electron chi connectivity index (χ4n) is 3.22. The quantitative estimate of drug-likeness (QED) is 0.829. The number of halogens is 1. The Labute approximate surface area is 102 Å². The largest absolute Gasteiger partial charge is 0.317 e. The monoisotopic (exact) mass is 235 g/mol. The van der Waals surface area contributed by atoms with Crippen molar-refractivity contribution in [1.82, 2.24) is 5.32 Å². The van der Waals surface area contributed by atoms with Crippen LogP contribution in [0.3, 0.4) is 0 Å². The molecule has 1 aliphatic heterocycles. The van der Waals surface area contributed by atoms with Crippen LogP contribution in [0.1, 0.15) is 31.2 Å². The lowest BCUT2D eigenvalue weighted by molar-refractivity contribution is 0.269. The molecule has 1 aliphatic carbocycles. The van der Waals surface area contributed by atoms with Crippen molar-refractivity contribution in [3.05, 3.63) is 34.9 Å². The lowest BCUT2D eigenvalue weighted by atomic mass is 9.69. The molecule has 0 spiro atoms. The first-order chi connectivity index (χ1) is 7.81. The van der Waals surface area contributed by atoms with E-state index in [4.69, 9.17) is 11.6 Å². The zero-order valence-electron chi connectivity index (χ0n) is 9.51. The summed E-state index contributed by atoms with van der Waals surface area (Å²) in [4.78, 5) is 0. The van der Waals surface area contributed by atoms with Crippen molar-refractivity contribution in [3.8, 4) is 0 Å². The highest BCUT2D eigenvalue weighted by molar-refractivity contribution is 6.30. The molecule has 1 saturated heterocycles. The van der Waals surface area contributed by atoms with Crippen molar-refractivity contribution < 1.29 is 0 Å². The van der Waals surface area contributed by atoms with Gasteiger partial charge in [-0.05, 0) is 62.4 Å². The first-order valence-corrected chi connectivity index (χ1v) is 6.66. The van der Waals surface area contributed by atoms with E-state index in [0.29, 0.717) is 5.41 Å². The van der Waals surface area contributed by atoms with E-state index >= 15 is 0 Å². The number of benzene rings is 1. The summed E-state index contributed by atoms with van der Waals surface area (Å²) in [6.45, 7) is 2.33. The molecule has 86 valence electrons. The summed E-state index contributed by atoms with van der Waals surface area (Å²) in [5.74, 6) is 0.927. The molecule has 0 bridgehead atoms. The summed E-state index contributed by atoms with van der Waals surface area (Å²) >= 11 is 5.98. The van der Waals surface area contributed by atoms with E-state index in [0.717, 1.165) is 10.9 Å². The molecule has 1 N–H and O–H groups in total. The molecule has 1 aromatic carbocycles. The molecule has 3 rings (SSSR count). The van der Waals surface area contributed by atoms with Crippen LogP contribution in [0.2, 0.25) is 5.02 Å². The third-order valence-electron chi connectivity index (χ3n) is 4.27. The summed E-state index contributed by atoms with van der Waals surface area (Å²) in [6.07, 6.45) is 5.42. The van der Waals surface area contributed by atoms with E-state index in [1.165, 1.54) is 44.3 Å². The van der Waals surface area contributed by atoms with Gasteiger partial charge in [-0.1, -0.05) is 23.7 Å². The van der Waals surface area contributed by atoms with Crippen molar-refractivity contribution in [2.24, 2.45) is 5.92 Å². The zero-order chi connectivity index (χ0) is 11.0. The van der Waals surface area contributed by atoms with Gasteiger partial charge < -0.3 is 5.32 Å². The third-order valence-corrected chi connectivity index (χ3v) is 4.53. The maximum atomic E-state index is 5.98. The highest BCUT2D eigenvalue weighted by atomic mass is 35.5. The van der Waals surface area contributed by atoms with Gasteiger partial charge in [-0.2, -0.15) is 0 Å². The van der Waals surface area contributed by atoms with E-state index in [9.17, 15) is 0 Å². The number of hydrogen-bond donors (Lipinski definition) is 1. The minimum Gasteiger partial charge on any atom is -0.317 e. The van der Waals surface area contributed by atoms with Crippen LogP contribution >= 0.6 is 11.6 Å². The molecular formula is C14H18ClN. The van der Waals surface area contributed by atoms with Gasteiger partial charge in [-0.25, -0.2) is 0 Å². The molecule has 2 aliphatic rings. The molecule has 0 amide bonds. The van der Waals surface area contributed by atoms with Gasteiger partial charge in [0.15, 0.2) is 0 Å². The maximum absolute atomic E-state index is 5.98. The van der Waals surface area contributed by atoms with Crippen molar-refractivity contribution >= 4 is 11.6 Å². The first kappa shape index (κ1) is 10.6. The van der Waals surface area contributed by atoms with Gasteiger partial charge in [-0.3, -0.25) is 0 Å². The molecule has 2 fully saturated rings. The number of nitrogens with one attached hydrogen (secondary N) is 1. The molecule has 2 heteroatoms. The Morgan fingerprint density at radius 2 is 1.69 bits per heavy atom. The van der Waals surface area contributed by atoms with Crippen LogP contribution in [0.4, 0.5) is 0 Å². The van der Waals surface area contributed by atoms with E-state index in [2.05, 4.69) is 17.4 Å². The molecule has 1 aromatic rings. The minimum atomic E-state index is 0.454. The van der Waals surface area contributed by atoms with E-state index in [1.807, 2.05) is 12.1 Å². The topological polar surface area (TPSA) is 12.0 Å². The SMILES string of the molecule is Clc1ccc(C2(C3CC3)CCNCC2)cc1. The molecule has 0 atom stereocenters. The summed E-state index contributed by atoms with van der Waals surface area (Å²) in [5.41, 5.74) is 1.97. The molecule has 1 saturated carbocycles. The van der Waals surface area contributed by atoms with Crippen molar-refractivity contribution in [1.29, 1.82) is 0 Å². The van der Waals surface area contributed by atoms with Crippen LogP contribution in [0.15, 0.2) is 24.3 Å². The van der Waals surface area contributed by atoms with Gasteiger partial charge in [0, 0.05) is 10.4 Å². The molecule has 1 heterocycles. The van der Waals surface area contributed by atoms with Gasteiger partial charge in [0.2, 0.25) is 0 Å². The molecule has 0 aromatic heterocycles. The second-order valence-electron chi connectivity index (χ2n) is 5.19. The number of piperidine rings is 1. The van der Waals surface area contributed by atoms with E-state index in [1.54, 1.807) is 0 Å². The van der Waals surface area contributed by atoms with Crippen LogP contribution in [0, 0.1) is 5.92 Å². The van der Waals surface area contributed by atoms with Crippen LogP contribution in [0.5, 0.6) is 0 Å². The molecule has 16 heavy (non-hydrogen) atoms. The lowest BCUT2D eigenvalue weighted by Gasteiger charge is -2.38. The van der Waals surface area contributed by atoms with Gasteiger partial charge in [0.25, 0.3) is 0 Å². The first-order valence-electron chi connectivity index (χ1n) is 6.28. The zero-order valence-corrected chi connectivity index (χ0v) is 10.3. The predicted octanol–water partition coefficient (Wildman–Crippen LogP) is 3.37. The Hall–Kier alpha value is -0.530. The van der Waals surface area contributed by atoms with Gasteiger partial charge in [-0.15, -0.1) is 0 Å². The summed E-state index contributed by atoms with van der Waals surface area (Å²) in [7, 11) is 0. The molecule has 1 nitrogen and oxygen atoms in total. The fraction of sp³-hybridized carbons (Fsp3) is 0.571. The molecule has 0 unspecified atom stereocenters. The summed E-state index contributed by atoms with van der Waals surface area (Å²) in [5, 5.41) is 4.33. The highest BCUT2D eigenvalue weighted by Crippen LogP contribution is 2.52. The fourth-order valence-corrected chi connectivity index (χ4v) is 3.35. The Kier molecular flexibility index (Phi) is 2.68. The minimum absolute atomic E-state index is 0.454. The van der Waals surface area contributed by atoms with Gasteiger partial charge in [0.1, 0.15) is 0 Å². The Morgan fingerprint density at radius 1 is 1.06 bits per heavy atom. The predicted molar refractivity (Wildman–Crippen MR) is 68.0 cm³/mol. The lowest BCUT2D eigenvalue weighted by Crippen LogP contribution is -2.41. The van der Waals surface area contributed by atoms with Crippen molar-refractivity contribution in [3.63, 3.8) is 0 Å². The summed E-state index contributed by atoms with van der Waals surface area (Å²) in [6, 6.07) is 8.57. The van der Waals surface area contributed by atoms with Crippen LogP contribution in [0.25, 0.3) is 0 Å². The van der Waals surface area contributed by atoms with E-state index < -0.39 is 0 Å².